The highest BCUT2D eigenvalue weighted by molar-refractivity contribution is 6.33. The number of ether oxygens (including phenoxy) is 1. The molecule has 0 aliphatic carbocycles. The van der Waals surface area contributed by atoms with Crippen LogP contribution in [0.2, 0.25) is 5.02 Å². The number of carbonyl (C=O) groups excluding carboxylic acids is 1. The van der Waals surface area contributed by atoms with E-state index in [2.05, 4.69) is 0 Å². The normalized spacial score (nSPS) is 10.1. The Kier molecular flexibility index (Phi) is 3.95. The van der Waals surface area contributed by atoms with Crippen molar-refractivity contribution in [2.45, 2.75) is 6.61 Å². The molecule has 2 aromatic rings. The number of hydrogen-bond acceptors (Lipinski definition) is 2. The number of esters is 1. The molecule has 18 heavy (non-hydrogen) atoms. The molecule has 2 nitrogen and oxygen atoms in total. The number of rotatable bonds is 3. The monoisotopic (exact) mass is 264 g/mol. The van der Waals surface area contributed by atoms with E-state index >= 15 is 0 Å². The minimum atomic E-state index is -0.566. The predicted octanol–water partition coefficient (Wildman–Crippen LogP) is 3.84. The molecule has 0 unspecified atom stereocenters. The average Bonchev–Trinajstić information content (AvgIpc) is 2.37. The summed E-state index contributed by atoms with van der Waals surface area (Å²) < 4.78 is 17.9. The Labute approximate surface area is 109 Å². The third-order valence-corrected chi connectivity index (χ3v) is 2.68. The third-order valence-electron chi connectivity index (χ3n) is 2.36. The van der Waals surface area contributed by atoms with Crippen LogP contribution >= 0.6 is 11.6 Å². The molecule has 0 radical (unpaired) electrons. The second kappa shape index (κ2) is 5.65. The molecular formula is C14H10ClFO2. The first kappa shape index (κ1) is 12.6. The summed E-state index contributed by atoms with van der Waals surface area (Å²) in [5.74, 6) is -1.05. The Bertz CT molecular complexity index is 555. The van der Waals surface area contributed by atoms with Crippen molar-refractivity contribution < 1.29 is 13.9 Å². The highest BCUT2D eigenvalue weighted by atomic mass is 35.5. The molecule has 0 fully saturated rings. The van der Waals surface area contributed by atoms with E-state index in [9.17, 15) is 9.18 Å². The largest absolute Gasteiger partial charge is 0.457 e. The summed E-state index contributed by atoms with van der Waals surface area (Å²) in [5.41, 5.74) is 1.04. The number of hydrogen-bond donors (Lipinski definition) is 0. The molecular weight excluding hydrogens is 255 g/mol. The van der Waals surface area contributed by atoms with Gasteiger partial charge in [0, 0.05) is 0 Å². The van der Waals surface area contributed by atoms with Gasteiger partial charge >= 0.3 is 5.97 Å². The average molecular weight is 265 g/mol. The molecule has 0 amide bonds. The fourth-order valence-electron chi connectivity index (χ4n) is 1.46. The Balaban J connectivity index is 2.04. The first-order valence-electron chi connectivity index (χ1n) is 5.33. The zero-order chi connectivity index (χ0) is 13.0. The van der Waals surface area contributed by atoms with Gasteiger partial charge in [-0.15, -0.1) is 0 Å². The van der Waals surface area contributed by atoms with Crippen molar-refractivity contribution in [1.82, 2.24) is 0 Å². The predicted molar refractivity (Wildman–Crippen MR) is 67.0 cm³/mol. The number of carbonyl (C=O) groups is 1. The van der Waals surface area contributed by atoms with Gasteiger partial charge in [-0.25, -0.2) is 9.18 Å². The van der Waals surface area contributed by atoms with Gasteiger partial charge in [0.1, 0.15) is 12.4 Å². The van der Waals surface area contributed by atoms with E-state index < -0.39 is 11.8 Å². The minimum absolute atomic E-state index is 0.0491. The van der Waals surface area contributed by atoms with Crippen LogP contribution in [0.5, 0.6) is 0 Å². The molecule has 2 rings (SSSR count). The quantitative estimate of drug-likeness (QED) is 0.788. The van der Waals surface area contributed by atoms with Gasteiger partial charge in [0.25, 0.3) is 0 Å². The van der Waals surface area contributed by atoms with E-state index in [4.69, 9.17) is 16.3 Å². The summed E-state index contributed by atoms with van der Waals surface area (Å²) in [4.78, 5) is 11.7. The number of benzene rings is 2. The molecule has 0 atom stereocenters. The van der Waals surface area contributed by atoms with Crippen molar-refractivity contribution in [3.05, 3.63) is 70.5 Å². The maximum Gasteiger partial charge on any atom is 0.339 e. The Morgan fingerprint density at radius 1 is 1.17 bits per heavy atom. The summed E-state index contributed by atoms with van der Waals surface area (Å²) >= 11 is 5.77. The highest BCUT2D eigenvalue weighted by Gasteiger charge is 2.12. The molecule has 0 saturated heterocycles. The third kappa shape index (κ3) is 3.08. The minimum Gasteiger partial charge on any atom is -0.457 e. The van der Waals surface area contributed by atoms with Crippen molar-refractivity contribution in [2.75, 3.05) is 0 Å². The molecule has 0 aliphatic rings. The van der Waals surface area contributed by atoms with Gasteiger partial charge in [-0.2, -0.15) is 0 Å². The molecule has 0 aliphatic heterocycles. The maximum atomic E-state index is 12.8. The number of halogens is 2. The van der Waals surface area contributed by atoms with Crippen LogP contribution in [-0.4, -0.2) is 5.97 Å². The molecule has 92 valence electrons. The SMILES string of the molecule is O=C(OCc1ccccc1)c1ccc(F)cc1Cl. The lowest BCUT2D eigenvalue weighted by atomic mass is 10.2. The smallest absolute Gasteiger partial charge is 0.339 e. The van der Waals surface area contributed by atoms with Crippen LogP contribution in [0.15, 0.2) is 48.5 Å². The van der Waals surface area contributed by atoms with Crippen molar-refractivity contribution in [3.63, 3.8) is 0 Å². The van der Waals surface area contributed by atoms with Crippen LogP contribution in [-0.2, 0) is 11.3 Å². The van der Waals surface area contributed by atoms with Gasteiger partial charge in [-0.05, 0) is 23.8 Å². The van der Waals surface area contributed by atoms with Crippen LogP contribution in [0.1, 0.15) is 15.9 Å². The second-order valence-corrected chi connectivity index (χ2v) is 4.09. The molecule has 2 aromatic carbocycles. The van der Waals surface area contributed by atoms with Crippen molar-refractivity contribution >= 4 is 17.6 Å². The van der Waals surface area contributed by atoms with Crippen LogP contribution in [0.3, 0.4) is 0 Å². The van der Waals surface area contributed by atoms with E-state index in [1.54, 1.807) is 0 Å². The van der Waals surface area contributed by atoms with Crippen molar-refractivity contribution in [2.24, 2.45) is 0 Å². The van der Waals surface area contributed by atoms with E-state index in [-0.39, 0.29) is 17.2 Å². The summed E-state index contributed by atoms with van der Waals surface area (Å²) in [5, 5.41) is 0.0491. The summed E-state index contributed by atoms with van der Waals surface area (Å²) in [7, 11) is 0. The van der Waals surface area contributed by atoms with Crippen LogP contribution in [0, 0.1) is 5.82 Å². The molecule has 0 bridgehead atoms. The van der Waals surface area contributed by atoms with E-state index in [0.29, 0.717) is 0 Å². The van der Waals surface area contributed by atoms with Gasteiger partial charge in [-0.1, -0.05) is 41.9 Å². The van der Waals surface area contributed by atoms with Crippen molar-refractivity contribution in [1.29, 1.82) is 0 Å². The Morgan fingerprint density at radius 3 is 2.56 bits per heavy atom. The Morgan fingerprint density at radius 2 is 1.89 bits per heavy atom. The molecule has 0 saturated carbocycles. The van der Waals surface area contributed by atoms with Gasteiger partial charge in [0.15, 0.2) is 0 Å². The van der Waals surface area contributed by atoms with Gasteiger partial charge in [0.2, 0.25) is 0 Å². The molecule has 4 heteroatoms. The van der Waals surface area contributed by atoms with Crippen molar-refractivity contribution in [3.8, 4) is 0 Å². The lowest BCUT2D eigenvalue weighted by Gasteiger charge is -2.06. The fourth-order valence-corrected chi connectivity index (χ4v) is 1.70. The van der Waals surface area contributed by atoms with Gasteiger partial charge < -0.3 is 4.74 Å². The first-order chi connectivity index (χ1) is 8.66. The summed E-state index contributed by atoms with van der Waals surface area (Å²) in [6, 6.07) is 12.8. The topological polar surface area (TPSA) is 26.3 Å². The zero-order valence-corrected chi connectivity index (χ0v) is 10.2. The van der Waals surface area contributed by atoms with Gasteiger partial charge in [-0.3, -0.25) is 0 Å². The molecule has 0 heterocycles. The Hall–Kier alpha value is -1.87. The molecule has 0 spiro atoms. The lowest BCUT2D eigenvalue weighted by Crippen LogP contribution is -2.06. The molecule has 0 aromatic heterocycles. The molecule has 0 N–H and O–H groups in total. The van der Waals surface area contributed by atoms with E-state index in [1.807, 2.05) is 30.3 Å². The second-order valence-electron chi connectivity index (χ2n) is 3.69. The van der Waals surface area contributed by atoms with Crippen LogP contribution in [0.25, 0.3) is 0 Å². The maximum absolute atomic E-state index is 12.8. The lowest BCUT2D eigenvalue weighted by molar-refractivity contribution is 0.0473. The van der Waals surface area contributed by atoms with E-state index in [1.165, 1.54) is 12.1 Å². The van der Waals surface area contributed by atoms with Gasteiger partial charge in [0.05, 0.1) is 10.6 Å². The summed E-state index contributed by atoms with van der Waals surface area (Å²) in [6.45, 7) is 0.160. The highest BCUT2D eigenvalue weighted by Crippen LogP contribution is 2.18. The zero-order valence-electron chi connectivity index (χ0n) is 9.40. The van der Waals surface area contributed by atoms with Crippen LogP contribution in [0.4, 0.5) is 4.39 Å². The summed E-state index contributed by atoms with van der Waals surface area (Å²) in [6.07, 6.45) is 0. The van der Waals surface area contributed by atoms with E-state index in [0.717, 1.165) is 11.6 Å². The standard InChI is InChI=1S/C14H10ClFO2/c15-13-8-11(16)6-7-12(13)14(17)18-9-10-4-2-1-3-5-10/h1-8H,9H2. The first-order valence-corrected chi connectivity index (χ1v) is 5.71. The van der Waals surface area contributed by atoms with Crippen LogP contribution < -0.4 is 0 Å². The fraction of sp³-hybridized carbons (Fsp3) is 0.0714.